The van der Waals surface area contributed by atoms with Crippen molar-refractivity contribution in [2.45, 2.75) is 5.25 Å². The Morgan fingerprint density at radius 2 is 1.77 bits per heavy atom. The molecule has 0 aromatic heterocycles. The zero-order valence-corrected chi connectivity index (χ0v) is 13.4. The molecule has 1 aliphatic rings. The van der Waals surface area contributed by atoms with Crippen LogP contribution in [0.5, 0.6) is 0 Å². The summed E-state index contributed by atoms with van der Waals surface area (Å²) in [6, 6.07) is 6.37. The average Bonchev–Trinajstić information content (AvgIpc) is 2.67. The molecule has 1 aliphatic heterocycles. The van der Waals surface area contributed by atoms with Crippen LogP contribution in [-0.4, -0.2) is 54.1 Å². The van der Waals surface area contributed by atoms with Gasteiger partial charge < -0.3 is 5.73 Å². The maximum absolute atomic E-state index is 12.2. The summed E-state index contributed by atoms with van der Waals surface area (Å²) in [5, 5.41) is 5.98. The SMILES string of the molecule is CS(=O)(=O)C(CSC(=N)N)CN1C(=O)c2ccccc2C1=O. The fraction of sp³-hybridized carbons (Fsp3) is 0.308. The second kappa shape index (κ2) is 6.09. The lowest BCUT2D eigenvalue weighted by molar-refractivity contribution is 0.0656. The number of hydrogen-bond donors (Lipinski definition) is 2. The van der Waals surface area contributed by atoms with E-state index in [1.54, 1.807) is 12.1 Å². The molecule has 3 N–H and O–H groups in total. The van der Waals surface area contributed by atoms with Crippen molar-refractivity contribution >= 4 is 38.6 Å². The predicted molar refractivity (Wildman–Crippen MR) is 84.8 cm³/mol. The summed E-state index contributed by atoms with van der Waals surface area (Å²) in [6.45, 7) is -0.245. The van der Waals surface area contributed by atoms with Crippen molar-refractivity contribution in [2.24, 2.45) is 5.73 Å². The number of carbonyl (C=O) groups is 2. The molecule has 9 heteroatoms. The smallest absolute Gasteiger partial charge is 0.261 e. The molecule has 2 amide bonds. The van der Waals surface area contributed by atoms with Crippen LogP contribution in [0, 0.1) is 5.41 Å². The third-order valence-corrected chi connectivity index (χ3v) is 5.91. The molecule has 1 unspecified atom stereocenters. The summed E-state index contributed by atoms with van der Waals surface area (Å²) in [5.74, 6) is -0.981. The molecule has 2 rings (SSSR count). The summed E-state index contributed by atoms with van der Waals surface area (Å²) < 4.78 is 23.7. The van der Waals surface area contributed by atoms with Gasteiger partial charge in [-0.25, -0.2) is 8.42 Å². The van der Waals surface area contributed by atoms with Crippen LogP contribution in [-0.2, 0) is 9.84 Å². The Hall–Kier alpha value is -1.87. The van der Waals surface area contributed by atoms with Crippen LogP contribution in [0.4, 0.5) is 0 Å². The number of imide groups is 1. The molecular weight excluding hydrogens is 326 g/mol. The van der Waals surface area contributed by atoms with Gasteiger partial charge in [0.05, 0.1) is 16.4 Å². The highest BCUT2D eigenvalue weighted by atomic mass is 32.2. The van der Waals surface area contributed by atoms with Gasteiger partial charge in [-0.3, -0.25) is 19.9 Å². The molecule has 1 heterocycles. The van der Waals surface area contributed by atoms with E-state index in [0.717, 1.165) is 22.9 Å². The normalized spacial score (nSPS) is 15.8. The van der Waals surface area contributed by atoms with E-state index in [2.05, 4.69) is 0 Å². The molecule has 0 saturated carbocycles. The first-order chi connectivity index (χ1) is 10.2. The molecule has 0 spiro atoms. The molecule has 22 heavy (non-hydrogen) atoms. The van der Waals surface area contributed by atoms with Crippen LogP contribution in [0.15, 0.2) is 24.3 Å². The van der Waals surface area contributed by atoms with Gasteiger partial charge in [0.1, 0.15) is 0 Å². The van der Waals surface area contributed by atoms with Crippen molar-refractivity contribution in [1.29, 1.82) is 5.41 Å². The minimum Gasteiger partial charge on any atom is -0.379 e. The van der Waals surface area contributed by atoms with Crippen LogP contribution in [0.1, 0.15) is 20.7 Å². The molecular formula is C13H15N3O4S2. The van der Waals surface area contributed by atoms with Gasteiger partial charge >= 0.3 is 0 Å². The Kier molecular flexibility index (Phi) is 4.57. The number of sulfone groups is 1. The number of amides is 2. The van der Waals surface area contributed by atoms with E-state index >= 15 is 0 Å². The Labute approximate surface area is 132 Å². The van der Waals surface area contributed by atoms with Crippen molar-refractivity contribution in [2.75, 3.05) is 18.6 Å². The van der Waals surface area contributed by atoms with Crippen LogP contribution >= 0.6 is 11.8 Å². The lowest BCUT2D eigenvalue weighted by Gasteiger charge is -2.20. The van der Waals surface area contributed by atoms with Crippen molar-refractivity contribution in [3.63, 3.8) is 0 Å². The molecule has 1 aromatic carbocycles. The number of carbonyl (C=O) groups excluding carboxylic acids is 2. The van der Waals surface area contributed by atoms with Gasteiger partial charge in [-0.05, 0) is 12.1 Å². The van der Waals surface area contributed by atoms with Gasteiger partial charge in [-0.2, -0.15) is 0 Å². The van der Waals surface area contributed by atoms with Gasteiger partial charge in [-0.1, -0.05) is 23.9 Å². The predicted octanol–water partition coefficient (Wildman–Crippen LogP) is 0.322. The topological polar surface area (TPSA) is 121 Å². The molecule has 0 aliphatic carbocycles. The fourth-order valence-corrected chi connectivity index (χ4v) is 4.19. The molecule has 0 fully saturated rings. The summed E-state index contributed by atoms with van der Waals surface area (Å²) in [4.78, 5) is 25.4. The fourth-order valence-electron chi connectivity index (χ4n) is 2.10. The van der Waals surface area contributed by atoms with Crippen LogP contribution in [0.2, 0.25) is 0 Å². The van der Waals surface area contributed by atoms with E-state index in [0.29, 0.717) is 0 Å². The quantitative estimate of drug-likeness (QED) is 0.452. The summed E-state index contributed by atoms with van der Waals surface area (Å²) >= 11 is 0.869. The average molecular weight is 341 g/mol. The lowest BCUT2D eigenvalue weighted by atomic mass is 10.1. The van der Waals surface area contributed by atoms with Crippen molar-refractivity contribution < 1.29 is 18.0 Å². The minimum atomic E-state index is -3.50. The number of nitrogens with zero attached hydrogens (tertiary/aromatic N) is 1. The van der Waals surface area contributed by atoms with E-state index < -0.39 is 26.9 Å². The molecule has 0 radical (unpaired) electrons. The van der Waals surface area contributed by atoms with Gasteiger partial charge in [0.25, 0.3) is 11.8 Å². The maximum Gasteiger partial charge on any atom is 0.261 e. The summed E-state index contributed by atoms with van der Waals surface area (Å²) in [7, 11) is -3.50. The van der Waals surface area contributed by atoms with Gasteiger partial charge in [0, 0.05) is 18.6 Å². The van der Waals surface area contributed by atoms with Gasteiger partial charge in [0.2, 0.25) is 0 Å². The molecule has 118 valence electrons. The molecule has 0 bridgehead atoms. The van der Waals surface area contributed by atoms with Crippen LogP contribution in [0.3, 0.4) is 0 Å². The van der Waals surface area contributed by atoms with Gasteiger partial charge in [-0.15, -0.1) is 0 Å². The number of fused-ring (bicyclic) bond motifs is 1. The second-order valence-electron chi connectivity index (χ2n) is 4.89. The Bertz CT molecular complexity index is 710. The zero-order chi connectivity index (χ0) is 16.5. The van der Waals surface area contributed by atoms with E-state index in [-0.39, 0.29) is 28.6 Å². The molecule has 1 atom stereocenters. The summed E-state index contributed by atoms with van der Waals surface area (Å²) in [6.07, 6.45) is 1.04. The number of nitrogens with two attached hydrogens (primary N) is 1. The first kappa shape index (κ1) is 16.5. The van der Waals surface area contributed by atoms with Crippen LogP contribution in [0.25, 0.3) is 0 Å². The van der Waals surface area contributed by atoms with Gasteiger partial charge in [0.15, 0.2) is 15.0 Å². The third kappa shape index (κ3) is 3.30. The maximum atomic E-state index is 12.2. The van der Waals surface area contributed by atoms with Crippen molar-refractivity contribution in [3.8, 4) is 0 Å². The van der Waals surface area contributed by atoms with E-state index in [1.807, 2.05) is 0 Å². The largest absolute Gasteiger partial charge is 0.379 e. The van der Waals surface area contributed by atoms with E-state index in [9.17, 15) is 18.0 Å². The molecule has 0 saturated heterocycles. The Balaban J connectivity index is 2.23. The third-order valence-electron chi connectivity index (χ3n) is 3.29. The number of hydrogen-bond acceptors (Lipinski definition) is 6. The lowest BCUT2D eigenvalue weighted by Crippen LogP contribution is -2.41. The first-order valence-electron chi connectivity index (χ1n) is 6.32. The second-order valence-corrected chi connectivity index (χ2v) is 8.28. The highest BCUT2D eigenvalue weighted by molar-refractivity contribution is 8.14. The Morgan fingerprint density at radius 3 is 2.18 bits per heavy atom. The zero-order valence-electron chi connectivity index (χ0n) is 11.8. The standard InChI is InChI=1S/C13H15N3O4S2/c1-22(19,20)8(7-21-13(14)15)6-16-11(17)9-4-2-3-5-10(9)12(16)18/h2-5,8H,6-7H2,1H3,(H3,14,15). The summed E-state index contributed by atoms with van der Waals surface area (Å²) in [5.41, 5.74) is 5.77. The number of amidine groups is 1. The number of nitrogens with one attached hydrogen (secondary N) is 1. The Morgan fingerprint density at radius 1 is 1.27 bits per heavy atom. The highest BCUT2D eigenvalue weighted by Gasteiger charge is 2.38. The monoisotopic (exact) mass is 341 g/mol. The number of rotatable bonds is 5. The van der Waals surface area contributed by atoms with Crippen LogP contribution < -0.4 is 5.73 Å². The molecule has 7 nitrogen and oxygen atoms in total. The van der Waals surface area contributed by atoms with E-state index in [4.69, 9.17) is 11.1 Å². The first-order valence-corrected chi connectivity index (χ1v) is 9.26. The number of benzene rings is 1. The van der Waals surface area contributed by atoms with Crippen molar-refractivity contribution in [1.82, 2.24) is 4.90 Å². The highest BCUT2D eigenvalue weighted by Crippen LogP contribution is 2.24. The molecule has 1 aromatic rings. The van der Waals surface area contributed by atoms with E-state index in [1.165, 1.54) is 12.1 Å². The van der Waals surface area contributed by atoms with Crippen molar-refractivity contribution in [3.05, 3.63) is 35.4 Å². The minimum absolute atomic E-state index is 0.0154. The number of thioether (sulfide) groups is 1.